The van der Waals surface area contributed by atoms with Crippen LogP contribution >= 0.6 is 11.8 Å². The minimum absolute atomic E-state index is 0.271. The number of β-amino-alcohol motifs (C(OH)–C–C–N with tert-alkyl or cyclic N) is 1. The number of amides is 1. The van der Waals surface area contributed by atoms with Gasteiger partial charge in [-0.1, -0.05) is 30.8 Å². The number of benzene rings is 1. The van der Waals surface area contributed by atoms with Crippen LogP contribution in [0.15, 0.2) is 29.3 Å². The standard InChI is InChI=1S/C22H23N5O3S/c1-3-16-17(10-23)21(27-9-8-14(28)12-27)26-22(18(16)11-24)31-19(20(25)29)13-4-6-15(30-2)7-5-13/h4-7,14,19,28H,3,8-9,12H2,1-2H3,(H2,25,29)/t14-,19-/m0/s1. The molecule has 2 aromatic rings. The molecule has 1 aromatic carbocycles. The molecule has 160 valence electrons. The molecule has 3 N–H and O–H groups in total. The largest absolute Gasteiger partial charge is 0.497 e. The Morgan fingerprint density at radius 1 is 1.35 bits per heavy atom. The highest BCUT2D eigenvalue weighted by atomic mass is 32.2. The molecule has 0 unspecified atom stereocenters. The molecule has 1 aromatic heterocycles. The highest BCUT2D eigenvalue weighted by Crippen LogP contribution is 2.40. The number of ether oxygens (including phenoxy) is 1. The first-order valence-electron chi connectivity index (χ1n) is 9.83. The Labute approximate surface area is 185 Å². The molecular weight excluding hydrogens is 414 g/mol. The lowest BCUT2D eigenvalue weighted by molar-refractivity contribution is -0.117. The number of anilines is 1. The zero-order valence-electron chi connectivity index (χ0n) is 17.3. The Balaban J connectivity index is 2.10. The Morgan fingerprint density at radius 2 is 2.03 bits per heavy atom. The Hall–Kier alpha value is -3.27. The summed E-state index contributed by atoms with van der Waals surface area (Å²) in [6, 6.07) is 11.3. The van der Waals surface area contributed by atoms with E-state index in [2.05, 4.69) is 17.1 Å². The van der Waals surface area contributed by atoms with Crippen LogP contribution in [0.4, 0.5) is 5.82 Å². The molecule has 3 rings (SSSR count). The number of thioether (sulfide) groups is 1. The first-order valence-corrected chi connectivity index (χ1v) is 10.7. The molecule has 1 aliphatic heterocycles. The van der Waals surface area contributed by atoms with Gasteiger partial charge in [-0.25, -0.2) is 4.98 Å². The van der Waals surface area contributed by atoms with Crippen LogP contribution in [0.1, 0.15) is 40.8 Å². The lowest BCUT2D eigenvalue weighted by atomic mass is 10.0. The van der Waals surface area contributed by atoms with Gasteiger partial charge in [-0.05, 0) is 36.1 Å². The molecular formula is C22H23N5O3S. The molecule has 0 saturated carbocycles. The molecule has 0 radical (unpaired) electrons. The quantitative estimate of drug-likeness (QED) is 0.630. The van der Waals surface area contributed by atoms with Crippen LogP contribution in [0.3, 0.4) is 0 Å². The fourth-order valence-corrected chi connectivity index (χ4v) is 4.67. The number of methoxy groups -OCH3 is 1. The average molecular weight is 438 g/mol. The summed E-state index contributed by atoms with van der Waals surface area (Å²) in [7, 11) is 1.55. The van der Waals surface area contributed by atoms with Crippen LogP contribution in [-0.4, -0.2) is 42.3 Å². The number of aromatic nitrogens is 1. The fraction of sp³-hybridized carbons (Fsp3) is 0.364. The third-order valence-electron chi connectivity index (χ3n) is 5.19. The van der Waals surface area contributed by atoms with Gasteiger partial charge in [0.25, 0.3) is 0 Å². The van der Waals surface area contributed by atoms with E-state index < -0.39 is 17.3 Å². The summed E-state index contributed by atoms with van der Waals surface area (Å²) in [6.07, 6.45) is 0.532. The number of primary amides is 1. The second-order valence-electron chi connectivity index (χ2n) is 7.11. The monoisotopic (exact) mass is 437 g/mol. The van der Waals surface area contributed by atoms with E-state index >= 15 is 0 Å². The SMILES string of the molecule is CCc1c(C#N)c(S[C@H](C(N)=O)c2ccc(OC)cc2)nc(N2CC[C@H](O)C2)c1C#N. The fourth-order valence-electron chi connectivity index (χ4n) is 3.61. The van der Waals surface area contributed by atoms with E-state index in [4.69, 9.17) is 10.5 Å². The predicted octanol–water partition coefficient (Wildman–Crippen LogP) is 2.29. The summed E-state index contributed by atoms with van der Waals surface area (Å²) in [5, 5.41) is 29.1. The van der Waals surface area contributed by atoms with E-state index in [0.717, 1.165) is 11.8 Å². The van der Waals surface area contributed by atoms with Crippen molar-refractivity contribution in [1.82, 2.24) is 4.98 Å². The van der Waals surface area contributed by atoms with Gasteiger partial charge in [0.15, 0.2) is 0 Å². The van der Waals surface area contributed by atoms with E-state index in [9.17, 15) is 20.4 Å². The van der Waals surface area contributed by atoms with Crippen molar-refractivity contribution in [2.45, 2.75) is 36.1 Å². The third-order valence-corrected chi connectivity index (χ3v) is 6.45. The number of rotatable bonds is 7. The maximum absolute atomic E-state index is 12.3. The van der Waals surface area contributed by atoms with Gasteiger partial charge < -0.3 is 20.5 Å². The van der Waals surface area contributed by atoms with Gasteiger partial charge in [-0.3, -0.25) is 4.79 Å². The van der Waals surface area contributed by atoms with Crippen LogP contribution in [-0.2, 0) is 11.2 Å². The normalized spacial score (nSPS) is 16.4. The lowest BCUT2D eigenvalue weighted by Crippen LogP contribution is -2.25. The van der Waals surface area contributed by atoms with Crippen molar-refractivity contribution >= 4 is 23.5 Å². The highest BCUT2D eigenvalue weighted by molar-refractivity contribution is 8.00. The van der Waals surface area contributed by atoms with Crippen molar-refractivity contribution in [3.63, 3.8) is 0 Å². The van der Waals surface area contributed by atoms with Crippen LogP contribution in [0.25, 0.3) is 0 Å². The number of hydrogen-bond acceptors (Lipinski definition) is 8. The van der Waals surface area contributed by atoms with Gasteiger partial charge in [0.2, 0.25) is 5.91 Å². The van der Waals surface area contributed by atoms with Gasteiger partial charge in [0.05, 0.1) is 24.3 Å². The van der Waals surface area contributed by atoms with Crippen molar-refractivity contribution in [3.8, 4) is 17.9 Å². The number of carbonyl (C=O) groups is 1. The van der Waals surface area contributed by atoms with Gasteiger partial charge in [0.1, 0.15) is 34.0 Å². The number of hydrogen-bond donors (Lipinski definition) is 2. The molecule has 0 bridgehead atoms. The molecule has 2 atom stereocenters. The molecule has 1 fully saturated rings. The third kappa shape index (κ3) is 4.58. The Morgan fingerprint density at radius 3 is 2.52 bits per heavy atom. The summed E-state index contributed by atoms with van der Waals surface area (Å²) in [5.41, 5.74) is 7.53. The molecule has 1 amide bonds. The molecule has 2 heterocycles. The number of nitriles is 2. The maximum Gasteiger partial charge on any atom is 0.235 e. The predicted molar refractivity (Wildman–Crippen MR) is 117 cm³/mol. The minimum Gasteiger partial charge on any atom is -0.497 e. The van der Waals surface area contributed by atoms with Crippen molar-refractivity contribution in [1.29, 1.82) is 10.5 Å². The molecule has 0 spiro atoms. The van der Waals surface area contributed by atoms with Gasteiger partial charge in [-0.15, -0.1) is 0 Å². The minimum atomic E-state index is -0.778. The summed E-state index contributed by atoms with van der Waals surface area (Å²) < 4.78 is 5.17. The highest BCUT2D eigenvalue weighted by Gasteiger charge is 2.30. The van der Waals surface area contributed by atoms with E-state index in [0.29, 0.717) is 59.2 Å². The van der Waals surface area contributed by atoms with Crippen molar-refractivity contribution in [2.75, 3.05) is 25.1 Å². The summed E-state index contributed by atoms with van der Waals surface area (Å²) in [4.78, 5) is 18.8. The van der Waals surface area contributed by atoms with Crippen LogP contribution in [0, 0.1) is 22.7 Å². The van der Waals surface area contributed by atoms with E-state index in [1.54, 1.807) is 31.4 Å². The van der Waals surface area contributed by atoms with Crippen LogP contribution in [0.5, 0.6) is 5.75 Å². The Kier molecular flexibility index (Phi) is 7.01. The molecule has 0 aliphatic carbocycles. The van der Waals surface area contributed by atoms with Gasteiger partial charge >= 0.3 is 0 Å². The topological polar surface area (TPSA) is 136 Å². The van der Waals surface area contributed by atoms with Gasteiger partial charge in [-0.2, -0.15) is 10.5 Å². The number of carbonyl (C=O) groups excluding carboxylic acids is 1. The van der Waals surface area contributed by atoms with E-state index in [1.165, 1.54) is 0 Å². The summed E-state index contributed by atoms with van der Waals surface area (Å²) in [6.45, 7) is 2.78. The van der Waals surface area contributed by atoms with Crippen molar-refractivity contribution in [2.24, 2.45) is 5.73 Å². The number of nitrogens with zero attached hydrogens (tertiary/aromatic N) is 4. The summed E-state index contributed by atoms with van der Waals surface area (Å²) >= 11 is 1.09. The van der Waals surface area contributed by atoms with E-state index in [1.807, 2.05) is 11.8 Å². The van der Waals surface area contributed by atoms with Crippen LogP contribution in [0.2, 0.25) is 0 Å². The number of aliphatic hydroxyl groups excluding tert-OH is 1. The maximum atomic E-state index is 12.3. The van der Waals surface area contributed by atoms with Crippen molar-refractivity contribution < 1.29 is 14.6 Å². The van der Waals surface area contributed by atoms with Crippen molar-refractivity contribution in [3.05, 3.63) is 46.5 Å². The lowest BCUT2D eigenvalue weighted by Gasteiger charge is -2.22. The Bertz CT molecular complexity index is 1060. The first-order chi connectivity index (χ1) is 14.9. The molecule has 31 heavy (non-hydrogen) atoms. The average Bonchev–Trinajstić information content (AvgIpc) is 3.22. The second-order valence-corrected chi connectivity index (χ2v) is 8.20. The van der Waals surface area contributed by atoms with Gasteiger partial charge in [0, 0.05) is 13.1 Å². The molecule has 1 saturated heterocycles. The molecule has 1 aliphatic rings. The summed E-state index contributed by atoms with van der Waals surface area (Å²) in [5.74, 6) is 0.506. The smallest absolute Gasteiger partial charge is 0.235 e. The zero-order chi connectivity index (χ0) is 22.5. The second kappa shape index (κ2) is 9.69. The molecule has 8 nitrogen and oxygen atoms in total. The zero-order valence-corrected chi connectivity index (χ0v) is 18.1. The first kappa shape index (κ1) is 22.4. The number of aliphatic hydroxyl groups is 1. The van der Waals surface area contributed by atoms with E-state index in [-0.39, 0.29) is 5.56 Å². The number of pyridine rings is 1. The number of nitrogens with two attached hydrogens (primary N) is 1. The van der Waals surface area contributed by atoms with Crippen LogP contribution < -0.4 is 15.4 Å². The molecule has 9 heteroatoms.